The minimum absolute atomic E-state index is 0.241. The first kappa shape index (κ1) is 16.8. The van der Waals surface area contributed by atoms with Crippen molar-refractivity contribution >= 4 is 38.3 Å². The standard InChI is InChI=1S/C19H20N4O2S/c1-2-25-14-5-6-15-17(12-14)26-19(21-15)22-18(24)16-11-13(7-8-20-16)23-9-3-4-10-23/h5-8,11-12H,2-4,9-10H2,1H3,(H,21,22,24). The molecule has 4 rings (SSSR count). The maximum absolute atomic E-state index is 12.6. The Kier molecular flexibility index (Phi) is 4.71. The maximum Gasteiger partial charge on any atom is 0.276 e. The molecule has 0 unspecified atom stereocenters. The van der Waals surface area contributed by atoms with Gasteiger partial charge in [0, 0.05) is 25.0 Å². The molecule has 6 nitrogen and oxygen atoms in total. The lowest BCUT2D eigenvalue weighted by molar-refractivity contribution is 0.102. The van der Waals surface area contributed by atoms with Crippen LogP contribution in [-0.4, -0.2) is 35.6 Å². The molecule has 0 radical (unpaired) electrons. The van der Waals surface area contributed by atoms with Crippen LogP contribution in [0.25, 0.3) is 10.2 Å². The van der Waals surface area contributed by atoms with E-state index in [0.717, 1.165) is 34.7 Å². The molecule has 0 aliphatic carbocycles. The van der Waals surface area contributed by atoms with Gasteiger partial charge in [-0.1, -0.05) is 11.3 Å². The normalized spacial score (nSPS) is 14.0. The zero-order valence-electron chi connectivity index (χ0n) is 14.6. The molecule has 1 aromatic carbocycles. The molecular formula is C19H20N4O2S. The number of fused-ring (bicyclic) bond motifs is 1. The Morgan fingerprint density at radius 3 is 2.92 bits per heavy atom. The van der Waals surface area contributed by atoms with Gasteiger partial charge in [0.15, 0.2) is 5.13 Å². The molecule has 1 aliphatic rings. The van der Waals surface area contributed by atoms with Gasteiger partial charge in [-0.2, -0.15) is 0 Å². The number of ether oxygens (including phenoxy) is 1. The van der Waals surface area contributed by atoms with Gasteiger partial charge in [0.05, 0.1) is 16.8 Å². The van der Waals surface area contributed by atoms with Gasteiger partial charge in [-0.15, -0.1) is 0 Å². The minimum atomic E-state index is -0.241. The minimum Gasteiger partial charge on any atom is -0.494 e. The lowest BCUT2D eigenvalue weighted by Gasteiger charge is -2.17. The molecule has 1 fully saturated rings. The van der Waals surface area contributed by atoms with Crippen molar-refractivity contribution in [1.82, 2.24) is 9.97 Å². The van der Waals surface area contributed by atoms with E-state index in [-0.39, 0.29) is 5.91 Å². The number of hydrogen-bond donors (Lipinski definition) is 1. The van der Waals surface area contributed by atoms with E-state index in [0.29, 0.717) is 17.4 Å². The first-order chi connectivity index (χ1) is 12.7. The largest absolute Gasteiger partial charge is 0.494 e. The number of hydrogen-bond acceptors (Lipinski definition) is 6. The van der Waals surface area contributed by atoms with E-state index in [9.17, 15) is 4.79 Å². The van der Waals surface area contributed by atoms with Crippen LogP contribution in [-0.2, 0) is 0 Å². The van der Waals surface area contributed by atoms with Crippen LogP contribution in [0.3, 0.4) is 0 Å². The smallest absolute Gasteiger partial charge is 0.276 e. The first-order valence-corrected chi connectivity index (χ1v) is 9.60. The van der Waals surface area contributed by atoms with Crippen molar-refractivity contribution in [1.29, 1.82) is 0 Å². The van der Waals surface area contributed by atoms with Crippen LogP contribution in [0, 0.1) is 0 Å². The van der Waals surface area contributed by atoms with Crippen molar-refractivity contribution in [3.8, 4) is 5.75 Å². The summed E-state index contributed by atoms with van der Waals surface area (Å²) in [5.41, 5.74) is 2.30. The number of aromatic nitrogens is 2. The fraction of sp³-hybridized carbons (Fsp3) is 0.316. The highest BCUT2D eigenvalue weighted by Crippen LogP contribution is 2.29. The van der Waals surface area contributed by atoms with Crippen molar-refractivity contribution in [2.75, 3.05) is 29.9 Å². The van der Waals surface area contributed by atoms with Gasteiger partial charge in [-0.25, -0.2) is 4.98 Å². The highest BCUT2D eigenvalue weighted by atomic mass is 32.1. The number of nitrogens with one attached hydrogen (secondary N) is 1. The quantitative estimate of drug-likeness (QED) is 0.739. The fourth-order valence-electron chi connectivity index (χ4n) is 3.09. The molecule has 3 heterocycles. The molecule has 1 N–H and O–H groups in total. The summed E-state index contributed by atoms with van der Waals surface area (Å²) in [5, 5.41) is 3.43. The van der Waals surface area contributed by atoms with E-state index in [1.165, 1.54) is 24.2 Å². The summed E-state index contributed by atoms with van der Waals surface area (Å²) in [6.07, 6.45) is 4.08. The number of carbonyl (C=O) groups is 1. The molecular weight excluding hydrogens is 348 g/mol. The first-order valence-electron chi connectivity index (χ1n) is 8.78. The van der Waals surface area contributed by atoms with Crippen LogP contribution >= 0.6 is 11.3 Å². The predicted molar refractivity (Wildman–Crippen MR) is 104 cm³/mol. The number of anilines is 2. The molecule has 2 aromatic heterocycles. The highest BCUT2D eigenvalue weighted by molar-refractivity contribution is 7.22. The van der Waals surface area contributed by atoms with Crippen molar-refractivity contribution in [3.63, 3.8) is 0 Å². The van der Waals surface area contributed by atoms with Gasteiger partial charge in [0.2, 0.25) is 0 Å². The summed E-state index contributed by atoms with van der Waals surface area (Å²) in [6, 6.07) is 9.53. The monoisotopic (exact) mass is 368 g/mol. The number of nitrogens with zero attached hydrogens (tertiary/aromatic N) is 3. The van der Waals surface area contributed by atoms with Crippen molar-refractivity contribution in [2.24, 2.45) is 0 Å². The summed E-state index contributed by atoms with van der Waals surface area (Å²) in [4.78, 5) is 23.5. The summed E-state index contributed by atoms with van der Waals surface area (Å²) >= 11 is 1.43. The maximum atomic E-state index is 12.6. The second-order valence-corrected chi connectivity index (χ2v) is 7.16. The molecule has 134 valence electrons. The van der Waals surface area contributed by atoms with Crippen LogP contribution in [0.2, 0.25) is 0 Å². The molecule has 0 spiro atoms. The summed E-state index contributed by atoms with van der Waals surface area (Å²) < 4.78 is 6.49. The number of carbonyl (C=O) groups excluding carboxylic acids is 1. The van der Waals surface area contributed by atoms with Crippen LogP contribution in [0.4, 0.5) is 10.8 Å². The number of amides is 1. The predicted octanol–water partition coefficient (Wildman–Crippen LogP) is 3.94. The topological polar surface area (TPSA) is 67.3 Å². The number of thiazole rings is 1. The van der Waals surface area contributed by atoms with Crippen LogP contribution in [0.15, 0.2) is 36.5 Å². The van der Waals surface area contributed by atoms with Gasteiger partial charge in [-0.05, 0) is 50.1 Å². The molecule has 1 saturated heterocycles. The van der Waals surface area contributed by atoms with E-state index in [4.69, 9.17) is 4.74 Å². The Morgan fingerprint density at radius 2 is 2.12 bits per heavy atom. The zero-order chi connectivity index (χ0) is 17.9. The van der Waals surface area contributed by atoms with Gasteiger partial charge in [0.1, 0.15) is 11.4 Å². The van der Waals surface area contributed by atoms with E-state index in [2.05, 4.69) is 20.2 Å². The molecule has 0 saturated carbocycles. The Labute approximate surface area is 155 Å². The van der Waals surface area contributed by atoms with Gasteiger partial charge >= 0.3 is 0 Å². The molecule has 7 heteroatoms. The Balaban J connectivity index is 1.52. The third-order valence-electron chi connectivity index (χ3n) is 4.34. The Bertz CT molecular complexity index is 934. The van der Waals surface area contributed by atoms with Crippen LogP contribution < -0.4 is 15.0 Å². The van der Waals surface area contributed by atoms with Crippen molar-refractivity contribution in [2.45, 2.75) is 19.8 Å². The lowest BCUT2D eigenvalue weighted by Crippen LogP contribution is -2.19. The molecule has 1 amide bonds. The summed E-state index contributed by atoms with van der Waals surface area (Å²) in [5.74, 6) is 0.566. The average molecular weight is 368 g/mol. The number of pyridine rings is 1. The molecule has 3 aromatic rings. The summed E-state index contributed by atoms with van der Waals surface area (Å²) in [7, 11) is 0. The van der Waals surface area contributed by atoms with E-state index in [1.807, 2.05) is 37.3 Å². The third kappa shape index (κ3) is 3.48. The van der Waals surface area contributed by atoms with Gasteiger partial charge in [-0.3, -0.25) is 15.1 Å². The Morgan fingerprint density at radius 1 is 1.27 bits per heavy atom. The fourth-order valence-corrected chi connectivity index (χ4v) is 3.98. The second kappa shape index (κ2) is 7.29. The molecule has 1 aliphatic heterocycles. The third-order valence-corrected chi connectivity index (χ3v) is 5.27. The number of benzene rings is 1. The Hall–Kier alpha value is -2.67. The molecule has 0 bridgehead atoms. The zero-order valence-corrected chi connectivity index (χ0v) is 15.4. The summed E-state index contributed by atoms with van der Waals surface area (Å²) in [6.45, 7) is 4.63. The van der Waals surface area contributed by atoms with Gasteiger partial charge < -0.3 is 9.64 Å². The van der Waals surface area contributed by atoms with E-state index < -0.39 is 0 Å². The van der Waals surface area contributed by atoms with Crippen LogP contribution in [0.5, 0.6) is 5.75 Å². The number of rotatable bonds is 5. The SMILES string of the molecule is CCOc1ccc2nc(NC(=O)c3cc(N4CCCC4)ccn3)sc2c1. The average Bonchev–Trinajstić information content (AvgIpc) is 3.31. The van der Waals surface area contributed by atoms with E-state index >= 15 is 0 Å². The van der Waals surface area contributed by atoms with Crippen LogP contribution in [0.1, 0.15) is 30.3 Å². The lowest BCUT2D eigenvalue weighted by atomic mass is 10.3. The van der Waals surface area contributed by atoms with E-state index in [1.54, 1.807) is 6.20 Å². The van der Waals surface area contributed by atoms with Crippen molar-refractivity contribution < 1.29 is 9.53 Å². The molecule has 0 atom stereocenters. The highest BCUT2D eigenvalue weighted by Gasteiger charge is 2.16. The molecule has 26 heavy (non-hydrogen) atoms. The van der Waals surface area contributed by atoms with Crippen molar-refractivity contribution in [3.05, 3.63) is 42.2 Å². The second-order valence-electron chi connectivity index (χ2n) is 6.13. The van der Waals surface area contributed by atoms with Gasteiger partial charge in [0.25, 0.3) is 5.91 Å².